The topological polar surface area (TPSA) is 35.5 Å². The Kier molecular flexibility index (Phi) is 7.11. The van der Waals surface area contributed by atoms with E-state index in [1.165, 1.54) is 34.6 Å². The number of carbonyl (C=O) groups excluding carboxylic acids is 1. The molecule has 1 aliphatic heterocycles. The van der Waals surface area contributed by atoms with Crippen LogP contribution in [-0.2, 0) is 20.4 Å². The zero-order valence-corrected chi connectivity index (χ0v) is 20.4. The molecule has 34 heavy (non-hydrogen) atoms. The average molecular weight is 472 g/mol. The van der Waals surface area contributed by atoms with Gasteiger partial charge in [0.1, 0.15) is 17.3 Å². The molecular formula is C30H31O3S+. The Labute approximate surface area is 205 Å². The van der Waals surface area contributed by atoms with Gasteiger partial charge in [-0.1, -0.05) is 48.7 Å². The van der Waals surface area contributed by atoms with Crippen molar-refractivity contribution in [3.8, 4) is 17.6 Å². The van der Waals surface area contributed by atoms with Crippen LogP contribution in [0.2, 0.25) is 0 Å². The van der Waals surface area contributed by atoms with Gasteiger partial charge < -0.3 is 9.47 Å². The first kappa shape index (κ1) is 22.9. The molecule has 0 N–H and O–H groups in total. The van der Waals surface area contributed by atoms with Crippen LogP contribution in [0, 0.1) is 11.8 Å². The van der Waals surface area contributed by atoms with Gasteiger partial charge in [-0.3, -0.25) is 0 Å². The summed E-state index contributed by atoms with van der Waals surface area (Å²) in [6, 6.07) is 22.5. The molecule has 4 heteroatoms. The predicted molar refractivity (Wildman–Crippen MR) is 139 cm³/mol. The van der Waals surface area contributed by atoms with E-state index in [1.54, 1.807) is 0 Å². The van der Waals surface area contributed by atoms with Crippen LogP contribution in [0.5, 0.6) is 5.75 Å². The zero-order chi connectivity index (χ0) is 23.2. The summed E-state index contributed by atoms with van der Waals surface area (Å²) in [6.07, 6.45) is 7.38. The highest BCUT2D eigenvalue weighted by Gasteiger charge is 2.34. The number of rotatable bonds is 5. The minimum atomic E-state index is -0.718. The first-order valence-corrected chi connectivity index (χ1v) is 13.9. The molecule has 0 atom stereocenters. The van der Waals surface area contributed by atoms with Crippen molar-refractivity contribution in [3.05, 3.63) is 72.3 Å². The van der Waals surface area contributed by atoms with Gasteiger partial charge in [0.15, 0.2) is 17.1 Å². The van der Waals surface area contributed by atoms with Crippen molar-refractivity contribution in [2.45, 2.75) is 55.4 Å². The third kappa shape index (κ3) is 5.26. The van der Waals surface area contributed by atoms with Crippen LogP contribution in [0.15, 0.2) is 71.6 Å². The first-order chi connectivity index (χ1) is 16.7. The highest BCUT2D eigenvalue weighted by Crippen LogP contribution is 2.35. The van der Waals surface area contributed by atoms with Crippen LogP contribution < -0.4 is 4.74 Å². The van der Waals surface area contributed by atoms with Gasteiger partial charge in [0.25, 0.3) is 0 Å². The molecule has 2 aliphatic rings. The fourth-order valence-corrected chi connectivity index (χ4v) is 7.46. The van der Waals surface area contributed by atoms with E-state index in [0.29, 0.717) is 10.9 Å². The summed E-state index contributed by atoms with van der Waals surface area (Å²) in [5.41, 5.74) is 0.221. The van der Waals surface area contributed by atoms with Crippen molar-refractivity contribution in [1.82, 2.24) is 0 Å². The fraction of sp³-hybridized carbons (Fsp3) is 0.367. The van der Waals surface area contributed by atoms with Gasteiger partial charge in [-0.2, -0.15) is 0 Å². The molecule has 1 heterocycles. The normalized spacial score (nSPS) is 17.6. The van der Waals surface area contributed by atoms with Crippen molar-refractivity contribution < 1.29 is 14.3 Å². The van der Waals surface area contributed by atoms with Gasteiger partial charge in [-0.05, 0) is 74.8 Å². The molecule has 1 aliphatic carbocycles. The van der Waals surface area contributed by atoms with Crippen LogP contribution in [0.25, 0.3) is 10.8 Å². The Morgan fingerprint density at radius 2 is 1.53 bits per heavy atom. The maximum absolute atomic E-state index is 12.9. The van der Waals surface area contributed by atoms with Gasteiger partial charge in [-0.25, -0.2) is 4.79 Å². The van der Waals surface area contributed by atoms with Gasteiger partial charge >= 0.3 is 5.97 Å². The second kappa shape index (κ2) is 10.6. The summed E-state index contributed by atoms with van der Waals surface area (Å²) >= 11 is 0. The van der Waals surface area contributed by atoms with Crippen molar-refractivity contribution in [2.24, 2.45) is 0 Å². The molecule has 0 bridgehead atoms. The molecule has 2 fully saturated rings. The Bertz CT molecular complexity index is 1200. The van der Waals surface area contributed by atoms with E-state index < -0.39 is 5.60 Å². The summed E-state index contributed by atoms with van der Waals surface area (Å²) < 4.78 is 12.0. The Morgan fingerprint density at radius 3 is 2.29 bits per heavy atom. The monoisotopic (exact) mass is 471 g/mol. The maximum Gasteiger partial charge on any atom is 0.345 e. The lowest BCUT2D eigenvalue weighted by molar-refractivity contribution is -0.159. The Hall–Kier alpha value is -2.90. The highest BCUT2D eigenvalue weighted by atomic mass is 32.2. The summed E-state index contributed by atoms with van der Waals surface area (Å²) in [7, 11) is 0.322. The summed E-state index contributed by atoms with van der Waals surface area (Å²) in [5.74, 6) is 9.48. The van der Waals surface area contributed by atoms with Gasteiger partial charge in [0.2, 0.25) is 0 Å². The Balaban J connectivity index is 1.31. The van der Waals surface area contributed by atoms with Crippen LogP contribution >= 0.6 is 0 Å². The van der Waals surface area contributed by atoms with Gasteiger partial charge in [0, 0.05) is 27.2 Å². The van der Waals surface area contributed by atoms with Crippen molar-refractivity contribution in [2.75, 3.05) is 18.1 Å². The lowest BCUT2D eigenvalue weighted by Crippen LogP contribution is -2.37. The number of hydrogen-bond donors (Lipinski definition) is 0. The van der Waals surface area contributed by atoms with Crippen molar-refractivity contribution >= 4 is 27.6 Å². The second-order valence-electron chi connectivity index (χ2n) is 9.15. The van der Waals surface area contributed by atoms with E-state index in [0.717, 1.165) is 48.8 Å². The predicted octanol–water partition coefficient (Wildman–Crippen LogP) is 6.29. The van der Waals surface area contributed by atoms with Crippen LogP contribution in [0.3, 0.4) is 0 Å². The summed E-state index contributed by atoms with van der Waals surface area (Å²) in [6.45, 7) is -0.107. The number of benzene rings is 3. The molecule has 3 aromatic rings. The lowest BCUT2D eigenvalue weighted by atomic mass is 9.85. The van der Waals surface area contributed by atoms with E-state index >= 15 is 0 Å². The van der Waals surface area contributed by atoms with E-state index in [1.807, 2.05) is 42.5 Å². The van der Waals surface area contributed by atoms with Gasteiger partial charge in [0.05, 0.1) is 0 Å². The standard InChI is InChI=1S/C30H31O3S/c31-29(33-30(18-7-2-8-19-30)20-17-24-11-3-1-4-12-24)23-32-27-15-16-28(34-21-9-10-22-34)26-14-6-5-13-25(26)27/h1,3-6,11-16H,2,7-10,18-19,21-23H2/q+1. The molecular weight excluding hydrogens is 440 g/mol. The number of fused-ring (bicyclic) bond motifs is 1. The molecule has 0 unspecified atom stereocenters. The highest BCUT2D eigenvalue weighted by molar-refractivity contribution is 7.97. The molecule has 3 aromatic carbocycles. The molecule has 0 aromatic heterocycles. The van der Waals surface area contributed by atoms with E-state index in [-0.39, 0.29) is 12.6 Å². The molecule has 3 nitrogen and oxygen atoms in total. The largest absolute Gasteiger partial charge is 0.481 e. The second-order valence-corrected chi connectivity index (χ2v) is 11.4. The zero-order valence-electron chi connectivity index (χ0n) is 19.6. The van der Waals surface area contributed by atoms with E-state index in [2.05, 4.69) is 36.1 Å². The summed E-state index contributed by atoms with van der Waals surface area (Å²) in [5, 5.41) is 2.32. The number of ether oxygens (including phenoxy) is 2. The van der Waals surface area contributed by atoms with Crippen molar-refractivity contribution in [1.29, 1.82) is 0 Å². The minimum Gasteiger partial charge on any atom is -0.481 e. The number of esters is 1. The third-order valence-electron chi connectivity index (χ3n) is 6.71. The van der Waals surface area contributed by atoms with E-state index in [9.17, 15) is 4.79 Å². The summed E-state index contributed by atoms with van der Waals surface area (Å²) in [4.78, 5) is 14.3. The molecule has 5 rings (SSSR count). The average Bonchev–Trinajstić information content (AvgIpc) is 3.42. The third-order valence-corrected chi connectivity index (χ3v) is 9.25. The molecule has 0 spiro atoms. The quantitative estimate of drug-likeness (QED) is 0.249. The molecule has 174 valence electrons. The first-order valence-electron chi connectivity index (χ1n) is 12.3. The molecule has 0 amide bonds. The van der Waals surface area contributed by atoms with Gasteiger partial charge in [-0.15, -0.1) is 0 Å². The molecule has 1 saturated carbocycles. The smallest absolute Gasteiger partial charge is 0.345 e. The van der Waals surface area contributed by atoms with E-state index in [4.69, 9.17) is 9.47 Å². The minimum absolute atomic E-state index is 0.107. The lowest BCUT2D eigenvalue weighted by Gasteiger charge is -2.32. The molecule has 1 saturated heterocycles. The number of carbonyl (C=O) groups is 1. The molecule has 0 radical (unpaired) electrons. The van der Waals surface area contributed by atoms with Crippen LogP contribution in [-0.4, -0.2) is 29.7 Å². The maximum atomic E-state index is 12.9. The number of hydrogen-bond acceptors (Lipinski definition) is 3. The fourth-order valence-electron chi connectivity index (χ4n) is 4.96. The SMILES string of the molecule is O=C(COc1ccc([S+]2CCCC2)c2ccccc12)OC1(C#Cc2ccccc2)CCCCC1. The van der Waals surface area contributed by atoms with Crippen molar-refractivity contribution in [3.63, 3.8) is 0 Å². The Morgan fingerprint density at radius 1 is 0.824 bits per heavy atom. The van der Waals surface area contributed by atoms with Crippen LogP contribution in [0.1, 0.15) is 50.5 Å². The van der Waals surface area contributed by atoms with Crippen LogP contribution in [0.4, 0.5) is 0 Å².